The fourth-order valence-corrected chi connectivity index (χ4v) is 4.14. The van der Waals surface area contributed by atoms with Gasteiger partial charge in [-0.25, -0.2) is 9.97 Å². The maximum atomic E-state index is 12.6. The molecule has 1 fully saturated rings. The Morgan fingerprint density at radius 1 is 1.29 bits per heavy atom. The number of para-hydroxylation sites is 1. The lowest BCUT2D eigenvalue weighted by Gasteiger charge is -2.33. The zero-order valence-corrected chi connectivity index (χ0v) is 15.3. The van der Waals surface area contributed by atoms with Crippen LogP contribution >= 0.6 is 11.8 Å². The molecule has 1 atom stereocenters. The number of thioether (sulfide) groups is 1. The van der Waals surface area contributed by atoms with E-state index in [9.17, 15) is 4.79 Å². The summed E-state index contributed by atoms with van der Waals surface area (Å²) in [6.07, 6.45) is 5.36. The van der Waals surface area contributed by atoms with Crippen molar-refractivity contribution in [3.05, 3.63) is 30.1 Å². The van der Waals surface area contributed by atoms with Crippen molar-refractivity contribution in [3.8, 4) is 0 Å². The molecule has 24 heavy (non-hydrogen) atoms. The zero-order valence-electron chi connectivity index (χ0n) is 14.5. The molecule has 0 bridgehead atoms. The highest BCUT2D eigenvalue weighted by Gasteiger charge is 2.23. The summed E-state index contributed by atoms with van der Waals surface area (Å²) in [5.74, 6) is 1.56. The molecule has 128 valence electrons. The first kappa shape index (κ1) is 17.2. The van der Waals surface area contributed by atoms with Crippen LogP contribution in [0, 0.1) is 0 Å². The molecular weight excluding hydrogens is 318 g/mol. The van der Waals surface area contributed by atoms with Gasteiger partial charge in [-0.05, 0) is 38.7 Å². The van der Waals surface area contributed by atoms with Crippen LogP contribution in [-0.2, 0) is 11.2 Å². The summed E-state index contributed by atoms with van der Waals surface area (Å²) in [6, 6.07) is 8.43. The monoisotopic (exact) mass is 343 g/mol. The summed E-state index contributed by atoms with van der Waals surface area (Å²) in [5, 5.41) is 1.98. The Morgan fingerprint density at radius 3 is 2.92 bits per heavy atom. The van der Waals surface area contributed by atoms with Crippen molar-refractivity contribution in [2.45, 2.75) is 57.0 Å². The molecular formula is C19H25N3OS. The number of piperidine rings is 1. The summed E-state index contributed by atoms with van der Waals surface area (Å²) in [4.78, 5) is 24.0. The first-order chi connectivity index (χ1) is 11.7. The Kier molecular flexibility index (Phi) is 5.72. The Balaban J connectivity index is 1.77. The number of aryl methyl sites for hydroxylation is 1. The average molecular weight is 343 g/mol. The molecule has 0 saturated carbocycles. The molecule has 1 unspecified atom stereocenters. The molecule has 0 aliphatic carbocycles. The fourth-order valence-electron chi connectivity index (χ4n) is 3.22. The van der Waals surface area contributed by atoms with E-state index in [2.05, 4.69) is 18.8 Å². The Bertz CT molecular complexity index is 719. The normalized spacial score (nSPS) is 18.1. The van der Waals surface area contributed by atoms with Crippen molar-refractivity contribution >= 4 is 28.6 Å². The Hall–Kier alpha value is -1.62. The van der Waals surface area contributed by atoms with Gasteiger partial charge >= 0.3 is 0 Å². The van der Waals surface area contributed by atoms with Crippen molar-refractivity contribution in [2.75, 3.05) is 12.3 Å². The predicted molar refractivity (Wildman–Crippen MR) is 99.3 cm³/mol. The van der Waals surface area contributed by atoms with Gasteiger partial charge in [0.05, 0.1) is 11.3 Å². The first-order valence-electron chi connectivity index (χ1n) is 8.87. The van der Waals surface area contributed by atoms with Crippen molar-refractivity contribution in [2.24, 2.45) is 0 Å². The summed E-state index contributed by atoms with van der Waals surface area (Å²) < 4.78 is 0. The molecule has 2 aromatic rings. The van der Waals surface area contributed by atoms with Crippen LogP contribution in [0.1, 0.15) is 45.4 Å². The Labute approximate surface area is 148 Å². The summed E-state index contributed by atoms with van der Waals surface area (Å²) in [5.41, 5.74) is 0.970. The summed E-state index contributed by atoms with van der Waals surface area (Å²) in [6.45, 7) is 5.18. The predicted octanol–water partition coefficient (Wildman–Crippen LogP) is 4.08. The van der Waals surface area contributed by atoms with Crippen LogP contribution in [0.4, 0.5) is 0 Å². The number of hydrogen-bond acceptors (Lipinski definition) is 4. The number of fused-ring (bicyclic) bond motifs is 1. The lowest BCUT2D eigenvalue weighted by molar-refractivity contribution is -0.131. The van der Waals surface area contributed by atoms with E-state index in [0.717, 1.165) is 54.0 Å². The van der Waals surface area contributed by atoms with Gasteiger partial charge in [0, 0.05) is 24.4 Å². The van der Waals surface area contributed by atoms with Crippen molar-refractivity contribution in [1.82, 2.24) is 14.9 Å². The van der Waals surface area contributed by atoms with Crippen LogP contribution < -0.4 is 0 Å². The molecule has 3 rings (SSSR count). The minimum atomic E-state index is 0.229. The molecule has 0 radical (unpaired) electrons. The minimum absolute atomic E-state index is 0.229. The van der Waals surface area contributed by atoms with Crippen LogP contribution in [-0.4, -0.2) is 39.1 Å². The molecule has 1 saturated heterocycles. The molecule has 1 aliphatic rings. The Morgan fingerprint density at radius 2 is 2.12 bits per heavy atom. The van der Waals surface area contributed by atoms with E-state index in [4.69, 9.17) is 4.98 Å². The number of amides is 1. The standard InChI is InChI=1S/C19H25N3OS/c1-3-8-17-20-16-11-5-4-10-15(16)19(21-17)24-13-18(23)22-12-7-6-9-14(22)2/h4-5,10-11,14H,3,6-9,12-13H2,1-2H3. The van der Waals surface area contributed by atoms with Crippen LogP contribution in [0.15, 0.2) is 29.3 Å². The molecule has 1 aromatic heterocycles. The number of aromatic nitrogens is 2. The largest absolute Gasteiger partial charge is 0.339 e. The van der Waals surface area contributed by atoms with Gasteiger partial charge in [0.25, 0.3) is 0 Å². The second-order valence-corrected chi connectivity index (χ2v) is 7.40. The molecule has 0 N–H and O–H groups in total. The molecule has 2 heterocycles. The summed E-state index contributed by atoms with van der Waals surface area (Å²) >= 11 is 1.55. The van der Waals surface area contributed by atoms with E-state index in [-0.39, 0.29) is 5.91 Å². The van der Waals surface area contributed by atoms with Crippen LogP contribution in [0.2, 0.25) is 0 Å². The molecule has 1 aliphatic heterocycles. The van der Waals surface area contributed by atoms with Gasteiger partial charge < -0.3 is 4.90 Å². The van der Waals surface area contributed by atoms with Gasteiger partial charge in [-0.3, -0.25) is 4.79 Å². The van der Waals surface area contributed by atoms with E-state index >= 15 is 0 Å². The quantitative estimate of drug-likeness (QED) is 0.606. The SMILES string of the molecule is CCCc1nc(SCC(=O)N2CCCCC2C)c2ccccc2n1. The second kappa shape index (κ2) is 7.97. The second-order valence-electron chi connectivity index (χ2n) is 6.43. The highest BCUT2D eigenvalue weighted by molar-refractivity contribution is 8.00. The van der Waals surface area contributed by atoms with E-state index in [1.165, 1.54) is 6.42 Å². The van der Waals surface area contributed by atoms with Crippen LogP contribution in [0.5, 0.6) is 0 Å². The van der Waals surface area contributed by atoms with Gasteiger partial charge in [-0.1, -0.05) is 36.9 Å². The van der Waals surface area contributed by atoms with Gasteiger partial charge in [0.15, 0.2) is 0 Å². The highest BCUT2D eigenvalue weighted by Crippen LogP contribution is 2.27. The third kappa shape index (κ3) is 3.89. The molecule has 5 heteroatoms. The molecule has 0 spiro atoms. The van der Waals surface area contributed by atoms with Gasteiger partial charge in [-0.2, -0.15) is 0 Å². The third-order valence-electron chi connectivity index (χ3n) is 4.54. The number of carbonyl (C=O) groups excluding carboxylic acids is 1. The lowest BCUT2D eigenvalue weighted by Crippen LogP contribution is -2.42. The van der Waals surface area contributed by atoms with Crippen molar-refractivity contribution < 1.29 is 4.79 Å². The zero-order chi connectivity index (χ0) is 16.9. The van der Waals surface area contributed by atoms with E-state index in [1.54, 1.807) is 11.8 Å². The minimum Gasteiger partial charge on any atom is -0.339 e. The van der Waals surface area contributed by atoms with Gasteiger partial charge in [0.2, 0.25) is 5.91 Å². The number of carbonyl (C=O) groups is 1. The number of rotatable bonds is 5. The van der Waals surface area contributed by atoms with E-state index < -0.39 is 0 Å². The smallest absolute Gasteiger partial charge is 0.233 e. The lowest BCUT2D eigenvalue weighted by atomic mass is 10.0. The van der Waals surface area contributed by atoms with E-state index in [1.807, 2.05) is 29.2 Å². The topological polar surface area (TPSA) is 46.1 Å². The van der Waals surface area contributed by atoms with Crippen LogP contribution in [0.25, 0.3) is 10.9 Å². The molecule has 1 aromatic carbocycles. The van der Waals surface area contributed by atoms with E-state index in [0.29, 0.717) is 11.8 Å². The van der Waals surface area contributed by atoms with Crippen molar-refractivity contribution in [1.29, 1.82) is 0 Å². The maximum absolute atomic E-state index is 12.6. The summed E-state index contributed by atoms with van der Waals surface area (Å²) in [7, 11) is 0. The number of likely N-dealkylation sites (tertiary alicyclic amines) is 1. The third-order valence-corrected chi connectivity index (χ3v) is 5.52. The maximum Gasteiger partial charge on any atom is 0.233 e. The average Bonchev–Trinajstić information content (AvgIpc) is 2.60. The van der Waals surface area contributed by atoms with Gasteiger partial charge in [0.1, 0.15) is 10.9 Å². The van der Waals surface area contributed by atoms with Gasteiger partial charge in [-0.15, -0.1) is 0 Å². The number of nitrogens with zero attached hydrogens (tertiary/aromatic N) is 3. The number of hydrogen-bond donors (Lipinski definition) is 0. The highest BCUT2D eigenvalue weighted by atomic mass is 32.2. The molecule has 1 amide bonds. The molecule has 4 nitrogen and oxygen atoms in total. The van der Waals surface area contributed by atoms with Crippen LogP contribution in [0.3, 0.4) is 0 Å². The first-order valence-corrected chi connectivity index (χ1v) is 9.85. The number of benzene rings is 1. The fraction of sp³-hybridized carbons (Fsp3) is 0.526. The van der Waals surface area contributed by atoms with Crippen molar-refractivity contribution in [3.63, 3.8) is 0 Å².